The van der Waals surface area contributed by atoms with Gasteiger partial charge in [0, 0.05) is 17.3 Å². The van der Waals surface area contributed by atoms with Gasteiger partial charge in [-0.25, -0.2) is 4.79 Å². The highest BCUT2D eigenvalue weighted by Crippen LogP contribution is 2.14. The van der Waals surface area contributed by atoms with Gasteiger partial charge in [0.05, 0.1) is 5.69 Å². The predicted octanol–water partition coefficient (Wildman–Crippen LogP) is 2.51. The molecule has 2 amide bonds. The van der Waals surface area contributed by atoms with Gasteiger partial charge in [0.2, 0.25) is 0 Å². The van der Waals surface area contributed by atoms with Crippen molar-refractivity contribution in [2.45, 2.75) is 32.2 Å². The van der Waals surface area contributed by atoms with Gasteiger partial charge in [-0.3, -0.25) is 4.79 Å². The third-order valence-electron chi connectivity index (χ3n) is 2.19. The molecule has 0 aliphatic carbocycles. The number of amides is 2. The first-order valence-corrected chi connectivity index (χ1v) is 6.16. The Morgan fingerprint density at radius 1 is 1.47 bits per heavy atom. The van der Waals surface area contributed by atoms with Gasteiger partial charge in [0.1, 0.15) is 0 Å². The number of hydrogen-bond acceptors (Lipinski definition) is 3. The van der Waals surface area contributed by atoms with Crippen molar-refractivity contribution in [3.8, 4) is 0 Å². The first-order chi connectivity index (χ1) is 7.89. The summed E-state index contributed by atoms with van der Waals surface area (Å²) in [5.41, 5.74) is 0.194. The molecule has 3 N–H and O–H groups in total. The van der Waals surface area contributed by atoms with Crippen molar-refractivity contribution in [1.29, 1.82) is 0 Å². The number of carbonyl (C=O) groups is 2. The standard InChI is InChI=1S/C11H16N2O3S/c1-11(2,5-3-9(14)15)13-10(16)12-8-4-6-17-7-8/h4,6-7H,3,5H2,1-2H3,(H,14,15)(H2,12,13,16). The molecule has 0 saturated carbocycles. The summed E-state index contributed by atoms with van der Waals surface area (Å²) in [6.45, 7) is 3.59. The summed E-state index contributed by atoms with van der Waals surface area (Å²) in [6.07, 6.45) is 0.422. The van der Waals surface area contributed by atoms with Crippen LogP contribution in [0.2, 0.25) is 0 Å². The maximum absolute atomic E-state index is 11.6. The van der Waals surface area contributed by atoms with E-state index in [4.69, 9.17) is 5.11 Å². The molecule has 1 aromatic rings. The molecule has 0 fully saturated rings. The van der Waals surface area contributed by atoms with Crippen LogP contribution in [0.25, 0.3) is 0 Å². The minimum atomic E-state index is -0.863. The van der Waals surface area contributed by atoms with Crippen LogP contribution >= 0.6 is 11.3 Å². The van der Waals surface area contributed by atoms with Crippen molar-refractivity contribution in [2.24, 2.45) is 0 Å². The molecule has 1 aromatic heterocycles. The number of carbonyl (C=O) groups excluding carboxylic acids is 1. The van der Waals surface area contributed by atoms with E-state index in [-0.39, 0.29) is 12.5 Å². The molecule has 1 heterocycles. The van der Waals surface area contributed by atoms with Gasteiger partial charge in [-0.15, -0.1) is 0 Å². The number of hydrogen-bond donors (Lipinski definition) is 3. The second-order valence-corrected chi connectivity index (χ2v) is 5.15. The Labute approximate surface area is 104 Å². The molecule has 0 aliphatic heterocycles. The predicted molar refractivity (Wildman–Crippen MR) is 67.4 cm³/mol. The number of carboxylic acids is 1. The quantitative estimate of drug-likeness (QED) is 0.757. The van der Waals surface area contributed by atoms with E-state index in [1.54, 1.807) is 19.9 Å². The van der Waals surface area contributed by atoms with E-state index in [1.165, 1.54) is 11.3 Å². The van der Waals surface area contributed by atoms with E-state index in [2.05, 4.69) is 10.6 Å². The molecule has 0 atom stereocenters. The van der Waals surface area contributed by atoms with Crippen LogP contribution in [0.4, 0.5) is 10.5 Å². The van der Waals surface area contributed by atoms with Crippen LogP contribution in [0.1, 0.15) is 26.7 Å². The van der Waals surface area contributed by atoms with Gasteiger partial charge in [-0.05, 0) is 31.7 Å². The molecule has 0 spiro atoms. The fourth-order valence-electron chi connectivity index (χ4n) is 1.29. The normalized spacial score (nSPS) is 10.9. The summed E-state index contributed by atoms with van der Waals surface area (Å²) >= 11 is 1.49. The highest BCUT2D eigenvalue weighted by atomic mass is 32.1. The van der Waals surface area contributed by atoms with Crippen molar-refractivity contribution < 1.29 is 14.7 Å². The zero-order valence-corrected chi connectivity index (χ0v) is 10.6. The molecule has 0 aromatic carbocycles. The SMILES string of the molecule is CC(C)(CCC(=O)O)NC(=O)Nc1ccsc1. The lowest BCUT2D eigenvalue weighted by Crippen LogP contribution is -2.45. The monoisotopic (exact) mass is 256 g/mol. The number of aliphatic carboxylic acids is 1. The summed E-state index contributed by atoms with van der Waals surface area (Å²) in [5.74, 6) is -0.863. The third kappa shape index (κ3) is 5.35. The van der Waals surface area contributed by atoms with Gasteiger partial charge in [-0.1, -0.05) is 0 Å². The minimum absolute atomic E-state index is 0.0335. The molecule has 0 saturated heterocycles. The molecule has 0 aliphatic rings. The van der Waals surface area contributed by atoms with Gasteiger partial charge < -0.3 is 15.7 Å². The molecule has 0 bridgehead atoms. The van der Waals surface area contributed by atoms with E-state index < -0.39 is 11.5 Å². The fraction of sp³-hybridized carbons (Fsp3) is 0.455. The van der Waals surface area contributed by atoms with Gasteiger partial charge >= 0.3 is 12.0 Å². The molecule has 17 heavy (non-hydrogen) atoms. The smallest absolute Gasteiger partial charge is 0.319 e. The number of thiophene rings is 1. The Kier molecular flexibility index (Phi) is 4.51. The molecule has 0 unspecified atom stereocenters. The lowest BCUT2D eigenvalue weighted by Gasteiger charge is -2.25. The largest absolute Gasteiger partial charge is 0.481 e. The minimum Gasteiger partial charge on any atom is -0.481 e. The Bertz CT molecular complexity index is 387. The molecule has 0 radical (unpaired) electrons. The topological polar surface area (TPSA) is 78.4 Å². The summed E-state index contributed by atoms with van der Waals surface area (Å²) in [6, 6.07) is 1.48. The first kappa shape index (κ1) is 13.5. The number of anilines is 1. The molecular weight excluding hydrogens is 240 g/mol. The van der Waals surface area contributed by atoms with E-state index >= 15 is 0 Å². The van der Waals surface area contributed by atoms with E-state index in [9.17, 15) is 9.59 Å². The summed E-state index contributed by atoms with van der Waals surface area (Å²) < 4.78 is 0. The van der Waals surface area contributed by atoms with Gasteiger partial charge in [-0.2, -0.15) is 11.3 Å². The van der Waals surface area contributed by atoms with Crippen LogP contribution in [0.3, 0.4) is 0 Å². The van der Waals surface area contributed by atoms with E-state index in [0.717, 1.165) is 5.69 Å². The molecular formula is C11H16N2O3S. The zero-order valence-electron chi connectivity index (χ0n) is 9.82. The molecule has 5 nitrogen and oxygen atoms in total. The highest BCUT2D eigenvalue weighted by molar-refractivity contribution is 7.08. The van der Waals surface area contributed by atoms with E-state index in [0.29, 0.717) is 6.42 Å². The van der Waals surface area contributed by atoms with Crippen LogP contribution in [0.15, 0.2) is 16.8 Å². The maximum Gasteiger partial charge on any atom is 0.319 e. The average Bonchev–Trinajstić information content (AvgIpc) is 2.66. The lowest BCUT2D eigenvalue weighted by atomic mass is 9.99. The van der Waals surface area contributed by atoms with Crippen molar-refractivity contribution in [2.75, 3.05) is 5.32 Å². The Balaban J connectivity index is 2.41. The second-order valence-electron chi connectivity index (χ2n) is 4.37. The van der Waals surface area contributed by atoms with Crippen molar-refractivity contribution in [1.82, 2.24) is 5.32 Å². The zero-order chi connectivity index (χ0) is 12.9. The number of nitrogens with one attached hydrogen (secondary N) is 2. The van der Waals surface area contributed by atoms with Crippen LogP contribution in [0.5, 0.6) is 0 Å². The maximum atomic E-state index is 11.6. The fourth-order valence-corrected chi connectivity index (χ4v) is 1.88. The average molecular weight is 256 g/mol. The van der Waals surface area contributed by atoms with Crippen LogP contribution in [-0.2, 0) is 4.79 Å². The Hall–Kier alpha value is -1.56. The van der Waals surface area contributed by atoms with Crippen molar-refractivity contribution in [3.05, 3.63) is 16.8 Å². The summed E-state index contributed by atoms with van der Waals surface area (Å²) in [4.78, 5) is 22.1. The van der Waals surface area contributed by atoms with Crippen LogP contribution in [0, 0.1) is 0 Å². The third-order valence-corrected chi connectivity index (χ3v) is 2.88. The van der Waals surface area contributed by atoms with Crippen molar-refractivity contribution in [3.63, 3.8) is 0 Å². The lowest BCUT2D eigenvalue weighted by molar-refractivity contribution is -0.137. The second kappa shape index (κ2) is 5.67. The number of rotatable bonds is 5. The highest BCUT2D eigenvalue weighted by Gasteiger charge is 2.21. The Morgan fingerprint density at radius 3 is 2.71 bits per heavy atom. The number of carboxylic acid groups (broad SMARTS) is 1. The number of urea groups is 1. The van der Waals surface area contributed by atoms with Crippen LogP contribution in [-0.4, -0.2) is 22.6 Å². The van der Waals surface area contributed by atoms with E-state index in [1.807, 2.05) is 10.8 Å². The molecule has 1 rings (SSSR count). The summed E-state index contributed by atoms with van der Waals surface area (Å²) in [5, 5.41) is 17.7. The molecule has 94 valence electrons. The Morgan fingerprint density at radius 2 is 2.18 bits per heavy atom. The summed E-state index contributed by atoms with van der Waals surface area (Å²) in [7, 11) is 0. The van der Waals surface area contributed by atoms with Crippen LogP contribution < -0.4 is 10.6 Å². The molecule has 6 heteroatoms. The van der Waals surface area contributed by atoms with Gasteiger partial charge in [0.15, 0.2) is 0 Å². The van der Waals surface area contributed by atoms with Crippen molar-refractivity contribution >= 4 is 29.0 Å². The first-order valence-electron chi connectivity index (χ1n) is 5.22. The van der Waals surface area contributed by atoms with Gasteiger partial charge in [0.25, 0.3) is 0 Å².